The number of benzene rings is 1. The molecule has 2 aromatic heterocycles. The van der Waals surface area contributed by atoms with Gasteiger partial charge in [0, 0.05) is 37.6 Å². The fraction of sp³-hybridized carbons (Fsp3) is 0.250. The minimum absolute atomic E-state index is 0.757. The first-order valence-electron chi connectivity index (χ1n) is 6.86. The molecule has 0 atom stereocenters. The van der Waals surface area contributed by atoms with Crippen LogP contribution in [0.5, 0.6) is 0 Å². The molecule has 0 spiro atoms. The van der Waals surface area contributed by atoms with E-state index in [0.29, 0.717) is 0 Å². The number of aromatic nitrogens is 3. The van der Waals surface area contributed by atoms with Crippen LogP contribution in [0.2, 0.25) is 0 Å². The third-order valence-corrected chi connectivity index (χ3v) is 3.46. The van der Waals surface area contributed by atoms with E-state index in [0.717, 1.165) is 24.3 Å². The molecule has 1 N–H and O–H groups in total. The van der Waals surface area contributed by atoms with Crippen molar-refractivity contribution in [2.24, 2.45) is 7.05 Å². The van der Waals surface area contributed by atoms with Gasteiger partial charge >= 0.3 is 0 Å². The van der Waals surface area contributed by atoms with Crippen LogP contribution in [0.15, 0.2) is 42.9 Å². The largest absolute Gasteiger partial charge is 0.378 e. The van der Waals surface area contributed by atoms with Gasteiger partial charge in [0.2, 0.25) is 0 Å². The first-order valence-corrected chi connectivity index (χ1v) is 6.86. The molecule has 0 amide bonds. The molecular weight excluding hydrogens is 248 g/mol. The highest BCUT2D eigenvalue weighted by Crippen LogP contribution is 2.20. The smallest absolute Gasteiger partial charge is 0.0853 e. The Hall–Kier alpha value is -2.36. The lowest BCUT2D eigenvalue weighted by Crippen LogP contribution is -2.02. The standard InChI is InChI=1S/C16H18N4/c1-3-15-16(11-20(2)19-15)18-10-13-9-17-8-12-6-4-5-7-14(12)13/h4-9,11,18H,3,10H2,1-2H3. The summed E-state index contributed by atoms with van der Waals surface area (Å²) in [7, 11) is 1.95. The highest BCUT2D eigenvalue weighted by molar-refractivity contribution is 5.84. The molecule has 4 heteroatoms. The molecule has 3 aromatic rings. The Bertz CT molecular complexity index is 725. The highest BCUT2D eigenvalue weighted by Gasteiger charge is 2.06. The lowest BCUT2D eigenvalue weighted by Gasteiger charge is -2.08. The second-order valence-corrected chi connectivity index (χ2v) is 4.89. The molecule has 0 radical (unpaired) electrons. The Morgan fingerprint density at radius 2 is 2.05 bits per heavy atom. The van der Waals surface area contributed by atoms with Gasteiger partial charge in [0.15, 0.2) is 0 Å². The van der Waals surface area contributed by atoms with E-state index in [2.05, 4.69) is 40.5 Å². The first-order chi connectivity index (χ1) is 9.78. The molecule has 1 aromatic carbocycles. The zero-order valence-electron chi connectivity index (χ0n) is 11.8. The fourth-order valence-corrected chi connectivity index (χ4v) is 2.45. The van der Waals surface area contributed by atoms with E-state index in [-0.39, 0.29) is 0 Å². The minimum Gasteiger partial charge on any atom is -0.378 e. The highest BCUT2D eigenvalue weighted by atomic mass is 15.3. The molecule has 3 rings (SSSR count). The van der Waals surface area contributed by atoms with Crippen LogP contribution in [0.1, 0.15) is 18.2 Å². The van der Waals surface area contributed by atoms with Gasteiger partial charge in [-0.3, -0.25) is 9.67 Å². The van der Waals surface area contributed by atoms with Gasteiger partial charge in [0.05, 0.1) is 11.4 Å². The molecule has 2 heterocycles. The van der Waals surface area contributed by atoms with Gasteiger partial charge in [-0.1, -0.05) is 31.2 Å². The van der Waals surface area contributed by atoms with Crippen molar-refractivity contribution in [2.75, 3.05) is 5.32 Å². The van der Waals surface area contributed by atoms with E-state index >= 15 is 0 Å². The number of hydrogen-bond donors (Lipinski definition) is 1. The summed E-state index contributed by atoms with van der Waals surface area (Å²) >= 11 is 0. The minimum atomic E-state index is 0.757. The average Bonchev–Trinajstić information content (AvgIpc) is 2.85. The molecule has 4 nitrogen and oxygen atoms in total. The molecule has 0 fully saturated rings. The quantitative estimate of drug-likeness (QED) is 0.789. The van der Waals surface area contributed by atoms with Gasteiger partial charge in [0.25, 0.3) is 0 Å². The monoisotopic (exact) mass is 266 g/mol. The summed E-state index contributed by atoms with van der Waals surface area (Å²) < 4.78 is 1.85. The predicted molar refractivity (Wildman–Crippen MR) is 81.7 cm³/mol. The van der Waals surface area contributed by atoms with Crippen LogP contribution >= 0.6 is 0 Å². The van der Waals surface area contributed by atoms with Crippen LogP contribution in [0.25, 0.3) is 10.8 Å². The zero-order valence-corrected chi connectivity index (χ0v) is 11.8. The third kappa shape index (κ3) is 2.37. The molecule has 20 heavy (non-hydrogen) atoms. The van der Waals surface area contributed by atoms with Gasteiger partial charge in [-0.2, -0.15) is 5.10 Å². The number of rotatable bonds is 4. The van der Waals surface area contributed by atoms with Crippen molar-refractivity contribution in [3.05, 3.63) is 54.1 Å². The first kappa shape index (κ1) is 12.7. The number of hydrogen-bond acceptors (Lipinski definition) is 3. The van der Waals surface area contributed by atoms with Gasteiger partial charge in [0.1, 0.15) is 0 Å². The van der Waals surface area contributed by atoms with Crippen LogP contribution in [0.3, 0.4) is 0 Å². The van der Waals surface area contributed by atoms with Crippen molar-refractivity contribution in [3.63, 3.8) is 0 Å². The molecule has 0 saturated carbocycles. The summed E-state index contributed by atoms with van der Waals surface area (Å²) in [5, 5.41) is 10.3. The Labute approximate surface area is 118 Å². The zero-order chi connectivity index (χ0) is 13.9. The number of fused-ring (bicyclic) bond motifs is 1. The number of nitrogens with zero attached hydrogens (tertiary/aromatic N) is 3. The maximum Gasteiger partial charge on any atom is 0.0853 e. The summed E-state index contributed by atoms with van der Waals surface area (Å²) in [6.45, 7) is 2.88. The SMILES string of the molecule is CCc1nn(C)cc1NCc1cncc2ccccc12. The summed E-state index contributed by atoms with van der Waals surface area (Å²) in [6.07, 6.45) is 6.78. The molecule has 0 saturated heterocycles. The van der Waals surface area contributed by atoms with Gasteiger partial charge in [-0.15, -0.1) is 0 Å². The molecular formula is C16H18N4. The Morgan fingerprint density at radius 3 is 2.90 bits per heavy atom. The molecule has 102 valence electrons. The Morgan fingerprint density at radius 1 is 1.20 bits per heavy atom. The maximum absolute atomic E-state index is 4.44. The van der Waals surface area contributed by atoms with E-state index in [4.69, 9.17) is 0 Å². The van der Waals surface area contributed by atoms with Crippen LogP contribution in [-0.2, 0) is 20.0 Å². The number of pyridine rings is 1. The predicted octanol–water partition coefficient (Wildman–Crippen LogP) is 3.14. The topological polar surface area (TPSA) is 42.7 Å². The molecule has 0 aliphatic carbocycles. The lowest BCUT2D eigenvalue weighted by molar-refractivity contribution is 0.746. The summed E-state index contributed by atoms with van der Waals surface area (Å²) in [5.74, 6) is 0. The second-order valence-electron chi connectivity index (χ2n) is 4.89. The van der Waals surface area contributed by atoms with E-state index in [9.17, 15) is 0 Å². The van der Waals surface area contributed by atoms with E-state index in [1.165, 1.54) is 16.3 Å². The molecule has 0 bridgehead atoms. The van der Waals surface area contributed by atoms with Crippen LogP contribution in [-0.4, -0.2) is 14.8 Å². The molecule has 0 unspecified atom stereocenters. The summed E-state index contributed by atoms with van der Waals surface area (Å²) in [5.41, 5.74) is 3.40. The van der Waals surface area contributed by atoms with Crippen molar-refractivity contribution >= 4 is 16.5 Å². The fourth-order valence-electron chi connectivity index (χ4n) is 2.45. The van der Waals surface area contributed by atoms with Crippen LogP contribution < -0.4 is 5.32 Å². The van der Waals surface area contributed by atoms with Crippen LogP contribution in [0, 0.1) is 0 Å². The number of nitrogens with one attached hydrogen (secondary N) is 1. The van der Waals surface area contributed by atoms with Crippen molar-refractivity contribution in [1.82, 2.24) is 14.8 Å². The number of anilines is 1. The lowest BCUT2D eigenvalue weighted by atomic mass is 10.1. The van der Waals surface area contributed by atoms with Gasteiger partial charge in [-0.05, 0) is 17.4 Å². The Kier molecular flexibility index (Phi) is 3.37. The normalized spacial score (nSPS) is 10.9. The summed E-state index contributed by atoms with van der Waals surface area (Å²) in [4.78, 5) is 4.31. The second kappa shape index (κ2) is 5.33. The molecule has 0 aliphatic rings. The van der Waals surface area contributed by atoms with E-state index in [1.54, 1.807) is 0 Å². The van der Waals surface area contributed by atoms with Gasteiger partial charge in [-0.25, -0.2) is 0 Å². The van der Waals surface area contributed by atoms with E-state index in [1.807, 2.05) is 36.4 Å². The van der Waals surface area contributed by atoms with Crippen molar-refractivity contribution in [3.8, 4) is 0 Å². The third-order valence-electron chi connectivity index (χ3n) is 3.46. The van der Waals surface area contributed by atoms with Crippen molar-refractivity contribution in [2.45, 2.75) is 19.9 Å². The van der Waals surface area contributed by atoms with E-state index < -0.39 is 0 Å². The van der Waals surface area contributed by atoms with Gasteiger partial charge < -0.3 is 5.32 Å². The summed E-state index contributed by atoms with van der Waals surface area (Å²) in [6, 6.07) is 8.33. The number of aryl methyl sites for hydroxylation is 2. The maximum atomic E-state index is 4.44. The molecule has 0 aliphatic heterocycles. The van der Waals surface area contributed by atoms with Crippen molar-refractivity contribution < 1.29 is 0 Å². The average molecular weight is 266 g/mol. The van der Waals surface area contributed by atoms with Crippen LogP contribution in [0.4, 0.5) is 5.69 Å². The van der Waals surface area contributed by atoms with Crippen molar-refractivity contribution in [1.29, 1.82) is 0 Å². The Balaban J connectivity index is 1.86.